The first-order valence-electron chi connectivity index (χ1n) is 12.6. The molecule has 0 aliphatic carbocycles. The van der Waals surface area contributed by atoms with E-state index in [0.29, 0.717) is 23.1 Å². The van der Waals surface area contributed by atoms with Crippen molar-refractivity contribution < 1.29 is 4.79 Å². The number of aryl methyl sites for hydroxylation is 2. The van der Waals surface area contributed by atoms with E-state index in [9.17, 15) is 4.79 Å². The summed E-state index contributed by atoms with van der Waals surface area (Å²) in [6, 6.07) is 23.5. The van der Waals surface area contributed by atoms with Gasteiger partial charge in [-0.2, -0.15) is 0 Å². The predicted molar refractivity (Wildman–Crippen MR) is 157 cm³/mol. The third kappa shape index (κ3) is 5.30. The van der Waals surface area contributed by atoms with Crippen LogP contribution >= 0.6 is 23.8 Å². The van der Waals surface area contributed by atoms with Crippen molar-refractivity contribution in [3.05, 3.63) is 112 Å². The summed E-state index contributed by atoms with van der Waals surface area (Å²) in [4.78, 5) is 19.7. The van der Waals surface area contributed by atoms with Gasteiger partial charge in [0.2, 0.25) is 5.91 Å². The van der Waals surface area contributed by atoms with Crippen LogP contribution in [0.1, 0.15) is 46.7 Å². The van der Waals surface area contributed by atoms with Gasteiger partial charge in [0.1, 0.15) is 0 Å². The van der Waals surface area contributed by atoms with Crippen LogP contribution in [0.15, 0.2) is 79.0 Å². The number of nitrogens with zero attached hydrogens (tertiary/aromatic N) is 3. The smallest absolute Gasteiger partial charge is 0.226 e. The highest BCUT2D eigenvalue weighted by molar-refractivity contribution is 7.80. The van der Waals surface area contributed by atoms with Gasteiger partial charge in [-0.25, -0.2) is 0 Å². The molecule has 2 N–H and O–H groups in total. The fourth-order valence-corrected chi connectivity index (χ4v) is 5.69. The molecule has 0 radical (unpaired) electrons. The summed E-state index contributed by atoms with van der Waals surface area (Å²) in [5, 5.41) is 7.82. The fraction of sp³-hybridized carbons (Fsp3) is 0.233. The maximum absolute atomic E-state index is 12.9. The predicted octanol–water partition coefficient (Wildman–Crippen LogP) is 6.45. The van der Waals surface area contributed by atoms with E-state index in [-0.39, 0.29) is 18.0 Å². The lowest BCUT2D eigenvalue weighted by Crippen LogP contribution is -2.32. The minimum absolute atomic E-state index is 0.0509. The Morgan fingerprint density at radius 2 is 1.84 bits per heavy atom. The van der Waals surface area contributed by atoms with Crippen LogP contribution in [-0.2, 0) is 4.79 Å². The number of pyridine rings is 1. The van der Waals surface area contributed by atoms with Crippen LogP contribution in [0.5, 0.6) is 0 Å². The number of hydrogen-bond acceptors (Lipinski definition) is 3. The molecule has 8 heteroatoms. The first-order valence-corrected chi connectivity index (χ1v) is 13.4. The molecule has 1 aliphatic rings. The highest BCUT2D eigenvalue weighted by atomic mass is 35.5. The number of rotatable bonds is 7. The molecule has 1 saturated heterocycles. The van der Waals surface area contributed by atoms with Crippen LogP contribution in [0, 0.1) is 20.8 Å². The van der Waals surface area contributed by atoms with Gasteiger partial charge in [0.15, 0.2) is 5.11 Å². The van der Waals surface area contributed by atoms with Crippen LogP contribution in [0.2, 0.25) is 5.02 Å². The van der Waals surface area contributed by atoms with Gasteiger partial charge in [-0.05, 0) is 98.7 Å². The Labute approximate surface area is 233 Å². The van der Waals surface area contributed by atoms with Crippen molar-refractivity contribution in [2.45, 2.75) is 39.3 Å². The number of anilines is 1. The number of benzene rings is 2. The minimum atomic E-state index is -0.150. The molecule has 0 saturated carbocycles. The zero-order chi connectivity index (χ0) is 26.8. The maximum Gasteiger partial charge on any atom is 0.226 e. The SMILES string of the molecule is Cc1cccc(NC(=O)CCN2C(=S)N[C@H](c3ccccn3)[C@@H]2c2cc(C)n(-c3ccc(Cl)cc3)c2C)c1. The molecule has 3 heterocycles. The average molecular weight is 544 g/mol. The molecule has 1 aliphatic heterocycles. The lowest BCUT2D eigenvalue weighted by atomic mass is 9.96. The second-order valence-corrected chi connectivity index (χ2v) is 10.4. The Balaban J connectivity index is 1.46. The molecule has 1 fully saturated rings. The number of amides is 1. The monoisotopic (exact) mass is 543 g/mol. The molecule has 1 amide bonds. The number of nitrogens with one attached hydrogen (secondary N) is 2. The van der Waals surface area contributed by atoms with Crippen molar-refractivity contribution >= 4 is 40.5 Å². The molecule has 5 rings (SSSR count). The van der Waals surface area contributed by atoms with Gasteiger partial charge < -0.3 is 20.1 Å². The van der Waals surface area contributed by atoms with Gasteiger partial charge in [-0.15, -0.1) is 0 Å². The van der Waals surface area contributed by atoms with Crippen molar-refractivity contribution in [2.75, 3.05) is 11.9 Å². The quantitative estimate of drug-likeness (QED) is 0.262. The van der Waals surface area contributed by atoms with E-state index in [0.717, 1.165) is 39.6 Å². The summed E-state index contributed by atoms with van der Waals surface area (Å²) in [6.07, 6.45) is 2.10. The molecule has 0 spiro atoms. The number of aromatic nitrogens is 2. The Bertz CT molecular complexity index is 1470. The van der Waals surface area contributed by atoms with Crippen LogP contribution in [-0.4, -0.2) is 32.0 Å². The van der Waals surface area contributed by atoms with E-state index in [1.54, 1.807) is 6.20 Å². The first-order chi connectivity index (χ1) is 18.3. The highest BCUT2D eigenvalue weighted by Crippen LogP contribution is 2.41. The second-order valence-electron chi connectivity index (χ2n) is 9.63. The summed E-state index contributed by atoms with van der Waals surface area (Å²) in [5.74, 6) is -0.0509. The summed E-state index contributed by atoms with van der Waals surface area (Å²) < 4.78 is 2.23. The molecular weight excluding hydrogens is 514 g/mol. The molecule has 194 valence electrons. The van der Waals surface area contributed by atoms with Crippen molar-refractivity contribution in [2.24, 2.45) is 0 Å². The van der Waals surface area contributed by atoms with Crippen LogP contribution in [0.25, 0.3) is 5.69 Å². The Morgan fingerprint density at radius 1 is 1.05 bits per heavy atom. The number of thiocarbonyl (C=S) groups is 1. The molecule has 0 bridgehead atoms. The number of halogens is 1. The molecule has 4 aromatic rings. The standard InChI is InChI=1S/C30H30ClN5OS/c1-19-7-6-8-23(17-19)33-27(37)14-16-35-29(28(34-30(35)38)26-9-4-5-15-32-26)25-18-20(2)36(21(25)3)24-12-10-22(31)11-13-24/h4-13,15,17-18,28-29H,14,16H2,1-3H3,(H,33,37)(H,34,38)/t28-,29+/m1/s1. The summed E-state index contributed by atoms with van der Waals surface area (Å²) in [5.41, 5.74) is 7.20. The average Bonchev–Trinajstić information content (AvgIpc) is 3.38. The second kappa shape index (κ2) is 11.0. The van der Waals surface area contributed by atoms with Crippen molar-refractivity contribution in [3.63, 3.8) is 0 Å². The zero-order valence-corrected chi connectivity index (χ0v) is 23.2. The van der Waals surface area contributed by atoms with E-state index in [1.807, 2.05) is 73.7 Å². The normalized spacial score (nSPS) is 16.9. The maximum atomic E-state index is 12.9. The Kier molecular flexibility index (Phi) is 7.49. The molecule has 6 nitrogen and oxygen atoms in total. The molecule has 2 aromatic carbocycles. The fourth-order valence-electron chi connectivity index (χ4n) is 5.23. The molecule has 38 heavy (non-hydrogen) atoms. The van der Waals surface area contributed by atoms with Gasteiger partial charge >= 0.3 is 0 Å². The van der Waals surface area contributed by atoms with Crippen LogP contribution in [0.3, 0.4) is 0 Å². The van der Waals surface area contributed by atoms with Gasteiger partial charge in [0, 0.05) is 46.9 Å². The van der Waals surface area contributed by atoms with Gasteiger partial charge in [0.05, 0.1) is 17.8 Å². The van der Waals surface area contributed by atoms with Crippen molar-refractivity contribution in [1.29, 1.82) is 0 Å². The van der Waals surface area contributed by atoms with E-state index in [4.69, 9.17) is 23.8 Å². The third-order valence-electron chi connectivity index (χ3n) is 6.95. The Hall–Kier alpha value is -3.68. The van der Waals surface area contributed by atoms with Crippen LogP contribution < -0.4 is 10.6 Å². The summed E-state index contributed by atoms with van der Waals surface area (Å²) in [7, 11) is 0. The van der Waals surface area contributed by atoms with E-state index >= 15 is 0 Å². The minimum Gasteiger partial charge on any atom is -0.352 e. The van der Waals surface area contributed by atoms with E-state index in [2.05, 4.69) is 45.0 Å². The highest BCUT2D eigenvalue weighted by Gasteiger charge is 2.41. The molecule has 2 atom stereocenters. The molecule has 0 unspecified atom stereocenters. The van der Waals surface area contributed by atoms with Gasteiger partial charge in [0.25, 0.3) is 0 Å². The summed E-state index contributed by atoms with van der Waals surface area (Å²) in [6.45, 7) is 6.70. The zero-order valence-electron chi connectivity index (χ0n) is 21.6. The van der Waals surface area contributed by atoms with Crippen LogP contribution in [0.4, 0.5) is 5.69 Å². The topological polar surface area (TPSA) is 62.2 Å². The molecular formula is C30H30ClN5OS. The number of carbonyl (C=O) groups is 1. The Morgan fingerprint density at radius 3 is 2.55 bits per heavy atom. The lowest BCUT2D eigenvalue weighted by molar-refractivity contribution is -0.116. The van der Waals surface area contributed by atoms with E-state index < -0.39 is 0 Å². The van der Waals surface area contributed by atoms with Crippen molar-refractivity contribution in [1.82, 2.24) is 19.8 Å². The van der Waals surface area contributed by atoms with E-state index in [1.165, 1.54) is 0 Å². The lowest BCUT2D eigenvalue weighted by Gasteiger charge is -2.28. The third-order valence-corrected chi connectivity index (χ3v) is 7.56. The van der Waals surface area contributed by atoms with Gasteiger partial charge in [-0.1, -0.05) is 29.8 Å². The van der Waals surface area contributed by atoms with Crippen molar-refractivity contribution in [3.8, 4) is 5.69 Å². The largest absolute Gasteiger partial charge is 0.352 e. The number of hydrogen-bond donors (Lipinski definition) is 2. The number of carbonyl (C=O) groups excluding carboxylic acids is 1. The molecule has 2 aromatic heterocycles. The summed E-state index contributed by atoms with van der Waals surface area (Å²) >= 11 is 12.0. The van der Waals surface area contributed by atoms with Gasteiger partial charge in [-0.3, -0.25) is 9.78 Å². The first kappa shape index (κ1) is 25.9.